The van der Waals surface area contributed by atoms with Crippen LogP contribution in [0.4, 0.5) is 5.69 Å². The van der Waals surface area contributed by atoms with Crippen LogP contribution in [0.25, 0.3) is 0 Å². The molecular formula is C14H21N3O3S. The maximum Gasteiger partial charge on any atom is 0.242 e. The molecule has 7 heteroatoms. The summed E-state index contributed by atoms with van der Waals surface area (Å²) >= 11 is 0. The molecule has 0 atom stereocenters. The Hall–Kier alpha value is -1.62. The number of methoxy groups -OCH3 is 1. The largest absolute Gasteiger partial charge is 0.384 e. The number of ether oxygens (including phenoxy) is 1. The summed E-state index contributed by atoms with van der Waals surface area (Å²) in [5, 5.41) is 12.0. The Labute approximate surface area is 126 Å². The number of hydrogen-bond donors (Lipinski definition) is 2. The summed E-state index contributed by atoms with van der Waals surface area (Å²) < 4.78 is 31.8. The van der Waals surface area contributed by atoms with E-state index in [1.54, 1.807) is 6.07 Å². The normalized spacial score (nSPS) is 11.1. The van der Waals surface area contributed by atoms with Crippen molar-refractivity contribution < 1.29 is 13.2 Å². The molecule has 1 aromatic carbocycles. The topological polar surface area (TPSA) is 91.2 Å². The lowest BCUT2D eigenvalue weighted by Gasteiger charge is -2.13. The molecule has 0 unspecified atom stereocenters. The Bertz CT molecular complexity index is 594. The van der Waals surface area contributed by atoms with Crippen molar-refractivity contribution in [3.63, 3.8) is 0 Å². The highest BCUT2D eigenvalue weighted by Crippen LogP contribution is 2.22. The van der Waals surface area contributed by atoms with Gasteiger partial charge >= 0.3 is 0 Å². The lowest BCUT2D eigenvalue weighted by atomic mass is 10.2. The standard InChI is InChI=1S/C14H21N3O3S/c1-3-4-7-16-13-10-12(11-15)5-6-14(13)21(18,19)17-8-9-20-2/h5-6,10,16-17H,3-4,7-9H2,1-2H3. The van der Waals surface area contributed by atoms with E-state index >= 15 is 0 Å². The van der Waals surface area contributed by atoms with Crippen molar-refractivity contribution in [3.8, 4) is 6.07 Å². The zero-order chi connectivity index (χ0) is 15.7. The van der Waals surface area contributed by atoms with Crippen LogP contribution in [0.2, 0.25) is 0 Å². The van der Waals surface area contributed by atoms with E-state index in [0.717, 1.165) is 12.8 Å². The van der Waals surface area contributed by atoms with Gasteiger partial charge in [0.2, 0.25) is 10.0 Å². The van der Waals surface area contributed by atoms with Crippen molar-refractivity contribution >= 4 is 15.7 Å². The minimum atomic E-state index is -3.63. The molecule has 21 heavy (non-hydrogen) atoms. The van der Waals surface area contributed by atoms with Gasteiger partial charge in [-0.3, -0.25) is 0 Å². The minimum absolute atomic E-state index is 0.147. The third-order valence-corrected chi connectivity index (χ3v) is 4.36. The highest BCUT2D eigenvalue weighted by Gasteiger charge is 2.18. The Kier molecular flexibility index (Phi) is 7.15. The fourth-order valence-corrected chi connectivity index (χ4v) is 2.90. The van der Waals surface area contributed by atoms with E-state index in [9.17, 15) is 8.42 Å². The molecule has 0 aliphatic rings. The van der Waals surface area contributed by atoms with Gasteiger partial charge in [-0.1, -0.05) is 13.3 Å². The molecule has 0 amide bonds. The molecule has 0 radical (unpaired) electrons. The lowest BCUT2D eigenvalue weighted by molar-refractivity contribution is 0.204. The van der Waals surface area contributed by atoms with Crippen molar-refractivity contribution in [2.45, 2.75) is 24.7 Å². The van der Waals surface area contributed by atoms with Gasteiger partial charge < -0.3 is 10.1 Å². The average molecular weight is 311 g/mol. The van der Waals surface area contributed by atoms with Crippen molar-refractivity contribution in [1.29, 1.82) is 5.26 Å². The van der Waals surface area contributed by atoms with Crippen molar-refractivity contribution in [3.05, 3.63) is 23.8 Å². The maximum atomic E-state index is 12.3. The Morgan fingerprint density at radius 2 is 2.10 bits per heavy atom. The number of anilines is 1. The van der Waals surface area contributed by atoms with E-state index in [2.05, 4.69) is 17.0 Å². The van der Waals surface area contributed by atoms with Crippen LogP contribution in [0.3, 0.4) is 0 Å². The average Bonchev–Trinajstić information content (AvgIpc) is 2.47. The molecule has 0 aromatic heterocycles. The van der Waals surface area contributed by atoms with Gasteiger partial charge in [-0.2, -0.15) is 5.26 Å². The monoisotopic (exact) mass is 311 g/mol. The fourth-order valence-electron chi connectivity index (χ4n) is 1.73. The second-order valence-corrected chi connectivity index (χ2v) is 6.23. The number of rotatable bonds is 9. The molecule has 0 aliphatic carbocycles. The molecule has 116 valence electrons. The third-order valence-electron chi connectivity index (χ3n) is 2.84. The smallest absolute Gasteiger partial charge is 0.242 e. The molecule has 0 aliphatic heterocycles. The van der Waals surface area contributed by atoms with E-state index in [-0.39, 0.29) is 11.4 Å². The summed E-state index contributed by atoms with van der Waals surface area (Å²) in [5.74, 6) is 0. The van der Waals surface area contributed by atoms with E-state index in [0.29, 0.717) is 24.4 Å². The van der Waals surface area contributed by atoms with E-state index in [1.807, 2.05) is 6.07 Å². The first-order valence-electron chi connectivity index (χ1n) is 6.81. The summed E-state index contributed by atoms with van der Waals surface area (Å²) in [4.78, 5) is 0.147. The summed E-state index contributed by atoms with van der Waals surface area (Å²) in [6.07, 6.45) is 1.92. The number of nitrogens with zero attached hydrogens (tertiary/aromatic N) is 1. The maximum absolute atomic E-state index is 12.3. The second kappa shape index (κ2) is 8.62. The Morgan fingerprint density at radius 1 is 1.33 bits per heavy atom. The molecule has 0 bridgehead atoms. The summed E-state index contributed by atoms with van der Waals surface area (Å²) in [7, 11) is -2.12. The number of sulfonamides is 1. The summed E-state index contributed by atoms with van der Waals surface area (Å²) in [6, 6.07) is 6.51. The first-order chi connectivity index (χ1) is 10.0. The van der Waals surface area contributed by atoms with Crippen LogP contribution < -0.4 is 10.0 Å². The minimum Gasteiger partial charge on any atom is -0.384 e. The van der Waals surface area contributed by atoms with Crippen LogP contribution in [0.15, 0.2) is 23.1 Å². The number of hydrogen-bond acceptors (Lipinski definition) is 5. The van der Waals surface area contributed by atoms with E-state index < -0.39 is 10.0 Å². The van der Waals surface area contributed by atoms with Gasteiger partial charge in [0.1, 0.15) is 4.90 Å². The Balaban J connectivity index is 3.01. The highest BCUT2D eigenvalue weighted by atomic mass is 32.2. The number of nitriles is 1. The lowest BCUT2D eigenvalue weighted by Crippen LogP contribution is -2.28. The third kappa shape index (κ3) is 5.34. The first-order valence-corrected chi connectivity index (χ1v) is 8.30. The van der Waals surface area contributed by atoms with Gasteiger partial charge in [-0.15, -0.1) is 0 Å². The molecule has 0 fully saturated rings. The molecule has 0 saturated carbocycles. The summed E-state index contributed by atoms with van der Waals surface area (Å²) in [6.45, 7) is 3.21. The molecule has 1 aromatic rings. The van der Waals surface area contributed by atoms with Crippen molar-refractivity contribution in [2.24, 2.45) is 0 Å². The molecule has 6 nitrogen and oxygen atoms in total. The number of unbranched alkanes of at least 4 members (excludes halogenated alkanes) is 1. The van der Waals surface area contributed by atoms with E-state index in [4.69, 9.17) is 10.00 Å². The van der Waals surface area contributed by atoms with Crippen LogP contribution >= 0.6 is 0 Å². The van der Waals surface area contributed by atoms with Gasteiger partial charge in [-0.25, -0.2) is 13.1 Å². The molecule has 0 heterocycles. The predicted octanol–water partition coefficient (Wildman–Crippen LogP) is 1.69. The molecule has 0 saturated heterocycles. The molecular weight excluding hydrogens is 290 g/mol. The van der Waals surface area contributed by atoms with Crippen molar-refractivity contribution in [2.75, 3.05) is 32.1 Å². The molecule has 0 spiro atoms. The van der Waals surface area contributed by atoms with Gasteiger partial charge in [0.05, 0.1) is 23.9 Å². The number of nitrogens with one attached hydrogen (secondary N) is 2. The zero-order valence-electron chi connectivity index (χ0n) is 12.3. The van der Waals surface area contributed by atoms with Crippen LogP contribution in [-0.4, -0.2) is 35.2 Å². The fraction of sp³-hybridized carbons (Fsp3) is 0.500. The predicted molar refractivity (Wildman–Crippen MR) is 81.6 cm³/mol. The molecule has 1 rings (SSSR count). The van der Waals surface area contributed by atoms with Crippen LogP contribution in [0.1, 0.15) is 25.3 Å². The van der Waals surface area contributed by atoms with Crippen LogP contribution in [-0.2, 0) is 14.8 Å². The van der Waals surface area contributed by atoms with Gasteiger partial charge in [0.25, 0.3) is 0 Å². The van der Waals surface area contributed by atoms with Crippen LogP contribution in [0.5, 0.6) is 0 Å². The first kappa shape index (κ1) is 17.4. The Morgan fingerprint density at radius 3 is 2.71 bits per heavy atom. The molecule has 2 N–H and O–H groups in total. The van der Waals surface area contributed by atoms with Crippen LogP contribution in [0, 0.1) is 11.3 Å². The summed E-state index contributed by atoms with van der Waals surface area (Å²) in [5.41, 5.74) is 0.872. The van der Waals surface area contributed by atoms with Gasteiger partial charge in [0, 0.05) is 20.2 Å². The van der Waals surface area contributed by atoms with Gasteiger partial charge in [-0.05, 0) is 24.6 Å². The van der Waals surface area contributed by atoms with Gasteiger partial charge in [0.15, 0.2) is 0 Å². The second-order valence-electron chi connectivity index (χ2n) is 4.49. The van der Waals surface area contributed by atoms with Crippen molar-refractivity contribution in [1.82, 2.24) is 4.72 Å². The quantitative estimate of drug-likeness (QED) is 0.677. The SMILES string of the molecule is CCCCNc1cc(C#N)ccc1S(=O)(=O)NCCOC. The number of benzene rings is 1. The van der Waals surface area contributed by atoms with E-state index in [1.165, 1.54) is 19.2 Å². The zero-order valence-corrected chi connectivity index (χ0v) is 13.2. The highest BCUT2D eigenvalue weighted by molar-refractivity contribution is 7.89.